The number of pyridine rings is 1. The van der Waals surface area contributed by atoms with Gasteiger partial charge in [-0.15, -0.1) is 0 Å². The molecule has 0 aliphatic heterocycles. The molecule has 1 N–H and O–H groups in total. The number of benzene rings is 1. The minimum atomic E-state index is -0.248. The van der Waals surface area contributed by atoms with E-state index in [1.54, 1.807) is 22.9 Å². The van der Waals surface area contributed by atoms with E-state index in [0.29, 0.717) is 17.0 Å². The topological polar surface area (TPSA) is 103 Å². The number of nitrogens with one attached hydrogen (secondary N) is 1. The van der Waals surface area contributed by atoms with E-state index in [2.05, 4.69) is 20.6 Å². The number of rotatable bonds is 3. The zero-order valence-electron chi connectivity index (χ0n) is 13.1. The lowest BCUT2D eigenvalue weighted by Crippen LogP contribution is -2.03. The second-order valence-corrected chi connectivity index (χ2v) is 5.18. The molecule has 0 amide bonds. The standard InChI is InChI=1S/C17H13N7/c1-11-8-12(2)24(23-11)16-7-6-13-4-3-5-15(17(13)20-16)22-21-14(9-18)10-19/h3-8,22H,1-2H3. The summed E-state index contributed by atoms with van der Waals surface area (Å²) in [5, 5.41) is 26.7. The number of hydrogen-bond acceptors (Lipinski definition) is 6. The highest BCUT2D eigenvalue weighted by Crippen LogP contribution is 2.23. The van der Waals surface area contributed by atoms with Crippen LogP contribution in [0, 0.1) is 36.5 Å². The monoisotopic (exact) mass is 315 g/mol. The highest BCUT2D eigenvalue weighted by Gasteiger charge is 2.08. The Bertz CT molecular complexity index is 1020. The molecule has 0 saturated heterocycles. The number of para-hydroxylation sites is 1. The van der Waals surface area contributed by atoms with Crippen LogP contribution >= 0.6 is 0 Å². The van der Waals surface area contributed by atoms with Gasteiger partial charge in [0.15, 0.2) is 5.82 Å². The van der Waals surface area contributed by atoms with Crippen molar-refractivity contribution in [2.75, 3.05) is 5.43 Å². The Morgan fingerprint density at radius 3 is 2.62 bits per heavy atom. The molecule has 0 unspecified atom stereocenters. The number of nitriles is 2. The Morgan fingerprint density at radius 2 is 1.96 bits per heavy atom. The van der Waals surface area contributed by atoms with Crippen molar-refractivity contribution < 1.29 is 0 Å². The molecule has 0 fully saturated rings. The maximum Gasteiger partial charge on any atom is 0.237 e. The highest BCUT2D eigenvalue weighted by atomic mass is 15.3. The summed E-state index contributed by atoms with van der Waals surface area (Å²) in [6.07, 6.45) is 0. The van der Waals surface area contributed by atoms with E-state index in [1.165, 1.54) is 0 Å². The van der Waals surface area contributed by atoms with Crippen LogP contribution in [0.3, 0.4) is 0 Å². The zero-order valence-corrected chi connectivity index (χ0v) is 13.1. The predicted molar refractivity (Wildman–Crippen MR) is 90.6 cm³/mol. The fourth-order valence-electron chi connectivity index (χ4n) is 2.40. The molecule has 3 rings (SSSR count). The first-order chi connectivity index (χ1) is 11.6. The second kappa shape index (κ2) is 6.19. The van der Waals surface area contributed by atoms with Gasteiger partial charge < -0.3 is 0 Å². The molecule has 0 radical (unpaired) electrons. The second-order valence-electron chi connectivity index (χ2n) is 5.18. The molecule has 0 aliphatic carbocycles. The van der Waals surface area contributed by atoms with Crippen LogP contribution in [0.25, 0.3) is 16.7 Å². The third-order valence-electron chi connectivity index (χ3n) is 3.43. The van der Waals surface area contributed by atoms with Crippen LogP contribution in [0.4, 0.5) is 5.69 Å². The molecule has 0 aliphatic rings. The smallest absolute Gasteiger partial charge is 0.237 e. The van der Waals surface area contributed by atoms with Gasteiger partial charge in [-0.2, -0.15) is 20.7 Å². The molecular weight excluding hydrogens is 302 g/mol. The minimum Gasteiger partial charge on any atom is -0.274 e. The Hall–Kier alpha value is -3.71. The number of nitrogens with zero attached hydrogens (tertiary/aromatic N) is 6. The van der Waals surface area contributed by atoms with Gasteiger partial charge in [-0.3, -0.25) is 5.43 Å². The molecule has 116 valence electrons. The molecule has 0 spiro atoms. The van der Waals surface area contributed by atoms with E-state index in [-0.39, 0.29) is 5.71 Å². The van der Waals surface area contributed by atoms with Gasteiger partial charge in [0.25, 0.3) is 0 Å². The number of fused-ring (bicyclic) bond motifs is 1. The fourth-order valence-corrected chi connectivity index (χ4v) is 2.40. The van der Waals surface area contributed by atoms with Gasteiger partial charge in [0, 0.05) is 11.1 Å². The fraction of sp³-hybridized carbons (Fsp3) is 0.118. The quantitative estimate of drug-likeness (QED) is 0.591. The van der Waals surface area contributed by atoms with Gasteiger partial charge in [0.2, 0.25) is 5.71 Å². The molecule has 2 heterocycles. The van der Waals surface area contributed by atoms with Gasteiger partial charge in [0.1, 0.15) is 12.1 Å². The Kier molecular flexibility index (Phi) is 3.92. The van der Waals surface area contributed by atoms with E-state index in [9.17, 15) is 0 Å². The molecule has 3 aromatic rings. The van der Waals surface area contributed by atoms with Crippen LogP contribution in [-0.4, -0.2) is 20.5 Å². The van der Waals surface area contributed by atoms with Crippen LogP contribution in [0.15, 0.2) is 41.5 Å². The average molecular weight is 315 g/mol. The predicted octanol–water partition coefficient (Wildman–Crippen LogP) is 2.85. The van der Waals surface area contributed by atoms with Crippen molar-refractivity contribution >= 4 is 22.3 Å². The van der Waals surface area contributed by atoms with Crippen LogP contribution in [-0.2, 0) is 0 Å². The minimum absolute atomic E-state index is 0.248. The molecule has 1 aromatic carbocycles. The van der Waals surface area contributed by atoms with Crippen molar-refractivity contribution in [2.24, 2.45) is 5.10 Å². The first kappa shape index (κ1) is 15.2. The molecule has 0 bridgehead atoms. The van der Waals surface area contributed by atoms with Crippen molar-refractivity contribution in [2.45, 2.75) is 13.8 Å². The molecule has 7 heteroatoms. The summed E-state index contributed by atoms with van der Waals surface area (Å²) in [7, 11) is 0. The third kappa shape index (κ3) is 2.79. The summed E-state index contributed by atoms with van der Waals surface area (Å²) in [5.74, 6) is 0.687. The van der Waals surface area contributed by atoms with Crippen molar-refractivity contribution in [3.8, 4) is 18.0 Å². The zero-order chi connectivity index (χ0) is 17.1. The van der Waals surface area contributed by atoms with E-state index >= 15 is 0 Å². The molecule has 2 aromatic heterocycles. The Labute approximate surface area is 138 Å². The Balaban J connectivity index is 2.10. The number of aryl methyl sites for hydroxylation is 2. The van der Waals surface area contributed by atoms with E-state index in [1.807, 2.05) is 44.2 Å². The van der Waals surface area contributed by atoms with Crippen molar-refractivity contribution in [3.63, 3.8) is 0 Å². The molecule has 7 nitrogen and oxygen atoms in total. The summed E-state index contributed by atoms with van der Waals surface area (Å²) in [6.45, 7) is 3.89. The van der Waals surface area contributed by atoms with E-state index in [4.69, 9.17) is 10.5 Å². The summed E-state index contributed by atoms with van der Waals surface area (Å²) in [4.78, 5) is 4.65. The molecular formula is C17H13N7. The van der Waals surface area contributed by atoms with Gasteiger partial charge in [-0.05, 0) is 38.1 Å². The SMILES string of the molecule is Cc1cc(C)n(-c2ccc3cccc(NN=C(C#N)C#N)c3n2)n1. The lowest BCUT2D eigenvalue weighted by Gasteiger charge is -2.08. The molecule has 0 atom stereocenters. The summed E-state index contributed by atoms with van der Waals surface area (Å²) in [6, 6.07) is 14.8. The largest absolute Gasteiger partial charge is 0.274 e. The van der Waals surface area contributed by atoms with Crippen LogP contribution in [0.2, 0.25) is 0 Å². The van der Waals surface area contributed by atoms with E-state index < -0.39 is 0 Å². The first-order valence-corrected chi connectivity index (χ1v) is 7.19. The maximum absolute atomic E-state index is 8.77. The van der Waals surface area contributed by atoms with Crippen molar-refractivity contribution in [1.82, 2.24) is 14.8 Å². The lowest BCUT2D eigenvalue weighted by molar-refractivity contribution is 0.810. The van der Waals surface area contributed by atoms with E-state index in [0.717, 1.165) is 16.8 Å². The normalized spacial score (nSPS) is 10.0. The summed E-state index contributed by atoms with van der Waals surface area (Å²) >= 11 is 0. The lowest BCUT2D eigenvalue weighted by atomic mass is 10.2. The maximum atomic E-state index is 8.77. The summed E-state index contributed by atoms with van der Waals surface area (Å²) < 4.78 is 1.77. The molecule has 0 saturated carbocycles. The number of anilines is 1. The first-order valence-electron chi connectivity index (χ1n) is 7.19. The Morgan fingerprint density at radius 1 is 1.17 bits per heavy atom. The van der Waals surface area contributed by atoms with Crippen LogP contribution < -0.4 is 5.43 Å². The third-order valence-corrected chi connectivity index (χ3v) is 3.43. The van der Waals surface area contributed by atoms with Crippen LogP contribution in [0.1, 0.15) is 11.4 Å². The molecule has 24 heavy (non-hydrogen) atoms. The van der Waals surface area contributed by atoms with Crippen LogP contribution in [0.5, 0.6) is 0 Å². The van der Waals surface area contributed by atoms with Gasteiger partial charge in [0.05, 0.1) is 16.9 Å². The van der Waals surface area contributed by atoms with Gasteiger partial charge >= 0.3 is 0 Å². The van der Waals surface area contributed by atoms with Crippen molar-refractivity contribution in [1.29, 1.82) is 10.5 Å². The average Bonchev–Trinajstić information content (AvgIpc) is 2.94. The number of aromatic nitrogens is 3. The number of hydrazone groups is 1. The highest BCUT2D eigenvalue weighted by molar-refractivity contribution is 6.10. The number of hydrogen-bond donors (Lipinski definition) is 1. The van der Waals surface area contributed by atoms with Gasteiger partial charge in [-0.1, -0.05) is 12.1 Å². The van der Waals surface area contributed by atoms with Gasteiger partial charge in [-0.25, -0.2) is 9.67 Å². The summed E-state index contributed by atoms with van der Waals surface area (Å²) in [5.41, 5.74) is 5.68. The van der Waals surface area contributed by atoms with Crippen molar-refractivity contribution in [3.05, 3.63) is 47.8 Å².